The number of fused-ring (bicyclic) bond motifs is 1. The topological polar surface area (TPSA) is 79.1 Å². The number of carbonyl (C=O) groups is 1. The molecule has 188 valence electrons. The number of ether oxygens (including phenoxy) is 3. The van der Waals surface area contributed by atoms with E-state index >= 15 is 0 Å². The van der Waals surface area contributed by atoms with Crippen LogP contribution < -0.4 is 24.4 Å². The molecule has 0 N–H and O–H groups in total. The fourth-order valence-corrected chi connectivity index (χ4v) is 5.58. The third-order valence-corrected chi connectivity index (χ3v) is 7.28. The third kappa shape index (κ3) is 4.90. The second-order valence-electron chi connectivity index (χ2n) is 8.65. The van der Waals surface area contributed by atoms with Crippen molar-refractivity contribution in [3.05, 3.63) is 88.5 Å². The van der Waals surface area contributed by atoms with Crippen molar-refractivity contribution in [2.75, 3.05) is 14.2 Å². The Morgan fingerprint density at radius 3 is 2.50 bits per heavy atom. The van der Waals surface area contributed by atoms with Gasteiger partial charge >= 0.3 is 5.97 Å². The smallest absolute Gasteiger partial charge is 0.338 e. The quantitative estimate of drug-likeness (QED) is 0.413. The standard InChI is InChI=1S/C27H27BrN2O5S/c1-14(2)35-26(32)23-16(4)29-27-30(24(23)19-13-18(28)9-10-20(19)33-5)25(31)22(36-27)12-17-8-7-15(3)21(11-17)34-6/h7-14,24H,1-6H3/b22-12-/t24-/m1/s1. The van der Waals surface area contributed by atoms with E-state index in [-0.39, 0.29) is 11.7 Å². The monoisotopic (exact) mass is 570 g/mol. The first-order valence-electron chi connectivity index (χ1n) is 11.4. The maximum Gasteiger partial charge on any atom is 0.338 e. The second kappa shape index (κ2) is 10.4. The molecule has 0 aliphatic carbocycles. The zero-order valence-electron chi connectivity index (χ0n) is 20.9. The summed E-state index contributed by atoms with van der Waals surface area (Å²) in [5.74, 6) is 0.768. The maximum absolute atomic E-state index is 13.8. The summed E-state index contributed by atoms with van der Waals surface area (Å²) in [4.78, 5) is 32.3. The first kappa shape index (κ1) is 25.9. The molecule has 0 saturated heterocycles. The van der Waals surface area contributed by atoms with E-state index in [1.165, 1.54) is 11.3 Å². The summed E-state index contributed by atoms with van der Waals surface area (Å²) in [6, 6.07) is 10.5. The van der Waals surface area contributed by atoms with Crippen molar-refractivity contribution in [1.82, 2.24) is 4.57 Å². The second-order valence-corrected chi connectivity index (χ2v) is 10.6. The molecule has 1 aromatic heterocycles. The number of nitrogens with zero attached hydrogens (tertiary/aromatic N) is 2. The summed E-state index contributed by atoms with van der Waals surface area (Å²) in [5, 5.41) is 0. The average Bonchev–Trinajstić information content (AvgIpc) is 3.13. The molecule has 1 aliphatic rings. The van der Waals surface area contributed by atoms with Gasteiger partial charge in [0, 0.05) is 10.0 Å². The van der Waals surface area contributed by atoms with Gasteiger partial charge < -0.3 is 14.2 Å². The molecule has 2 aromatic carbocycles. The van der Waals surface area contributed by atoms with E-state index in [9.17, 15) is 9.59 Å². The van der Waals surface area contributed by atoms with Crippen molar-refractivity contribution in [3.63, 3.8) is 0 Å². The van der Waals surface area contributed by atoms with Crippen molar-refractivity contribution >= 4 is 39.3 Å². The number of hydrogen-bond donors (Lipinski definition) is 0. The summed E-state index contributed by atoms with van der Waals surface area (Å²) in [6.45, 7) is 7.29. The van der Waals surface area contributed by atoms with Crippen LogP contribution in [0.25, 0.3) is 6.08 Å². The molecule has 0 amide bonds. The van der Waals surface area contributed by atoms with Crippen LogP contribution in [0.3, 0.4) is 0 Å². The lowest BCUT2D eigenvalue weighted by atomic mass is 9.95. The molecule has 1 aliphatic heterocycles. The largest absolute Gasteiger partial charge is 0.496 e. The van der Waals surface area contributed by atoms with E-state index in [0.29, 0.717) is 31.9 Å². The van der Waals surface area contributed by atoms with E-state index in [1.54, 1.807) is 45.6 Å². The number of thiazole rings is 1. The molecule has 1 atom stereocenters. The molecule has 0 radical (unpaired) electrons. The van der Waals surface area contributed by atoms with E-state index < -0.39 is 12.0 Å². The SMILES string of the molecule is COc1cc(/C=c2\sc3n(c2=O)[C@H](c2cc(Br)ccc2OC)C(C(=O)OC(C)C)=C(C)N=3)ccc1C. The van der Waals surface area contributed by atoms with Crippen LogP contribution in [0.15, 0.2) is 61.9 Å². The Morgan fingerprint density at radius 1 is 1.11 bits per heavy atom. The highest BCUT2D eigenvalue weighted by atomic mass is 79.9. The highest BCUT2D eigenvalue weighted by molar-refractivity contribution is 9.10. The van der Waals surface area contributed by atoms with Crippen molar-refractivity contribution in [1.29, 1.82) is 0 Å². The van der Waals surface area contributed by atoms with Crippen molar-refractivity contribution in [2.24, 2.45) is 4.99 Å². The molecule has 0 bridgehead atoms. The number of halogens is 1. The van der Waals surface area contributed by atoms with Crippen LogP contribution in [-0.4, -0.2) is 30.9 Å². The number of aryl methyl sites for hydroxylation is 1. The van der Waals surface area contributed by atoms with Gasteiger partial charge in [-0.2, -0.15) is 0 Å². The molecule has 36 heavy (non-hydrogen) atoms. The minimum absolute atomic E-state index is 0.257. The number of aromatic nitrogens is 1. The molecular weight excluding hydrogens is 544 g/mol. The molecule has 9 heteroatoms. The highest BCUT2D eigenvalue weighted by Gasteiger charge is 2.35. The summed E-state index contributed by atoms with van der Waals surface area (Å²) in [5.41, 5.74) is 3.03. The van der Waals surface area contributed by atoms with E-state index in [1.807, 2.05) is 43.3 Å². The minimum Gasteiger partial charge on any atom is -0.496 e. The van der Waals surface area contributed by atoms with Crippen molar-refractivity contribution in [2.45, 2.75) is 39.8 Å². The van der Waals surface area contributed by atoms with Crippen LogP contribution in [0.5, 0.6) is 11.5 Å². The average molecular weight is 571 g/mol. The van der Waals surface area contributed by atoms with E-state index in [4.69, 9.17) is 14.2 Å². The zero-order chi connectivity index (χ0) is 26.1. The number of rotatable bonds is 6. The first-order valence-corrected chi connectivity index (χ1v) is 13.0. The van der Waals surface area contributed by atoms with Gasteiger partial charge in [0.2, 0.25) is 0 Å². The lowest BCUT2D eigenvalue weighted by Gasteiger charge is -2.26. The molecular formula is C27H27BrN2O5S. The Hall–Kier alpha value is -3.17. The predicted molar refractivity (Wildman–Crippen MR) is 143 cm³/mol. The molecule has 0 fully saturated rings. The summed E-state index contributed by atoms with van der Waals surface area (Å²) in [6.07, 6.45) is 1.48. The van der Waals surface area contributed by atoms with E-state index in [2.05, 4.69) is 20.9 Å². The number of benzene rings is 2. The van der Waals surface area contributed by atoms with Gasteiger partial charge in [-0.25, -0.2) is 9.79 Å². The lowest BCUT2D eigenvalue weighted by Crippen LogP contribution is -2.40. The van der Waals surface area contributed by atoms with Gasteiger partial charge in [-0.05, 0) is 69.2 Å². The Kier molecular flexibility index (Phi) is 7.51. The van der Waals surface area contributed by atoms with Gasteiger partial charge in [-0.15, -0.1) is 0 Å². The minimum atomic E-state index is -0.769. The van der Waals surface area contributed by atoms with Crippen molar-refractivity contribution in [3.8, 4) is 11.5 Å². The van der Waals surface area contributed by atoms with Gasteiger partial charge in [0.15, 0.2) is 4.80 Å². The van der Waals surface area contributed by atoms with Gasteiger partial charge in [0.1, 0.15) is 17.5 Å². The molecule has 3 aromatic rings. The summed E-state index contributed by atoms with van der Waals surface area (Å²) in [7, 11) is 3.18. The Balaban J connectivity index is 1.99. The number of allylic oxidation sites excluding steroid dienone is 1. The van der Waals surface area contributed by atoms with Crippen LogP contribution in [0.4, 0.5) is 0 Å². The van der Waals surface area contributed by atoms with Gasteiger partial charge in [-0.1, -0.05) is 39.4 Å². The van der Waals surface area contributed by atoms with Crippen LogP contribution >= 0.6 is 27.3 Å². The fraction of sp³-hybridized carbons (Fsp3) is 0.296. The lowest BCUT2D eigenvalue weighted by molar-refractivity contribution is -0.143. The number of esters is 1. The Morgan fingerprint density at radius 2 is 1.83 bits per heavy atom. The number of carbonyl (C=O) groups excluding carboxylic acids is 1. The van der Waals surface area contributed by atoms with Crippen LogP contribution in [0.1, 0.15) is 43.5 Å². The maximum atomic E-state index is 13.8. The Labute approximate surface area is 221 Å². The van der Waals surface area contributed by atoms with Gasteiger partial charge in [0.05, 0.1) is 36.1 Å². The van der Waals surface area contributed by atoms with Gasteiger partial charge in [0.25, 0.3) is 5.56 Å². The molecule has 2 heterocycles. The third-order valence-electron chi connectivity index (χ3n) is 5.80. The van der Waals surface area contributed by atoms with Crippen LogP contribution in [0, 0.1) is 6.92 Å². The predicted octanol–water partition coefficient (Wildman–Crippen LogP) is 4.27. The zero-order valence-corrected chi connectivity index (χ0v) is 23.3. The molecule has 0 unspecified atom stereocenters. The Bertz CT molecular complexity index is 1550. The fourth-order valence-electron chi connectivity index (χ4n) is 4.15. The summed E-state index contributed by atoms with van der Waals surface area (Å²) < 4.78 is 19.5. The number of hydrogen-bond acceptors (Lipinski definition) is 7. The van der Waals surface area contributed by atoms with E-state index in [0.717, 1.165) is 21.3 Å². The normalized spacial score (nSPS) is 15.6. The van der Waals surface area contributed by atoms with Crippen molar-refractivity contribution < 1.29 is 19.0 Å². The van der Waals surface area contributed by atoms with Crippen LogP contribution in [0.2, 0.25) is 0 Å². The molecule has 0 saturated carbocycles. The number of methoxy groups -OCH3 is 2. The highest BCUT2D eigenvalue weighted by Crippen LogP contribution is 2.37. The molecule has 7 nitrogen and oxygen atoms in total. The summed E-state index contributed by atoms with van der Waals surface area (Å²) >= 11 is 4.79. The molecule has 0 spiro atoms. The van der Waals surface area contributed by atoms with Crippen LogP contribution in [-0.2, 0) is 9.53 Å². The van der Waals surface area contributed by atoms with Gasteiger partial charge in [-0.3, -0.25) is 9.36 Å². The first-order chi connectivity index (χ1) is 17.1. The molecule has 4 rings (SSSR count).